The number of aryl methyl sites for hydroxylation is 1. The van der Waals surface area contributed by atoms with Gasteiger partial charge in [-0.1, -0.05) is 53.5 Å². The van der Waals surface area contributed by atoms with Gasteiger partial charge in [0.05, 0.1) is 11.2 Å². The summed E-state index contributed by atoms with van der Waals surface area (Å²) in [5, 5.41) is 17.7. The van der Waals surface area contributed by atoms with E-state index in [-0.39, 0.29) is 16.3 Å². The van der Waals surface area contributed by atoms with Gasteiger partial charge < -0.3 is 10.4 Å². The molecule has 0 radical (unpaired) electrons. The molecule has 1 aliphatic heterocycles. The van der Waals surface area contributed by atoms with Crippen LogP contribution in [-0.2, 0) is 11.2 Å². The number of phenolic OH excluding ortho intramolecular Hbond substituents is 1. The van der Waals surface area contributed by atoms with Gasteiger partial charge in [0, 0.05) is 10.6 Å². The van der Waals surface area contributed by atoms with E-state index < -0.39 is 17.5 Å². The largest absolute Gasteiger partial charge is 0.506 e. The Morgan fingerprint density at radius 3 is 2.63 bits per heavy atom. The number of nitrogens with zero attached hydrogens (tertiary/aromatic N) is 2. The van der Waals surface area contributed by atoms with E-state index >= 15 is 0 Å². The van der Waals surface area contributed by atoms with Crippen LogP contribution in [0.15, 0.2) is 47.6 Å². The lowest BCUT2D eigenvalue weighted by atomic mass is 9.93. The first-order valence-corrected chi connectivity index (χ1v) is 8.98. The van der Waals surface area contributed by atoms with E-state index in [0.717, 1.165) is 10.6 Å². The summed E-state index contributed by atoms with van der Waals surface area (Å²) in [7, 11) is 0. The summed E-state index contributed by atoms with van der Waals surface area (Å²) in [5.41, 5.74) is 0.213. The maximum Gasteiger partial charge on any atom is 0.346 e. The van der Waals surface area contributed by atoms with Gasteiger partial charge in [-0.25, -0.2) is 4.79 Å². The maximum atomic E-state index is 12.7. The Labute approximate surface area is 166 Å². The molecule has 27 heavy (non-hydrogen) atoms. The van der Waals surface area contributed by atoms with Crippen LogP contribution >= 0.6 is 23.2 Å². The zero-order valence-electron chi connectivity index (χ0n) is 14.4. The van der Waals surface area contributed by atoms with Crippen molar-refractivity contribution in [1.82, 2.24) is 10.3 Å². The van der Waals surface area contributed by atoms with Crippen molar-refractivity contribution >= 4 is 41.4 Å². The van der Waals surface area contributed by atoms with Gasteiger partial charge in [0.2, 0.25) is 0 Å². The van der Waals surface area contributed by atoms with Crippen LogP contribution in [0.4, 0.5) is 4.79 Å². The number of hydrazone groups is 1. The highest BCUT2D eigenvalue weighted by Crippen LogP contribution is 2.30. The molecular formula is C19H17Cl2N3O3. The monoisotopic (exact) mass is 405 g/mol. The molecule has 3 rings (SSSR count). The van der Waals surface area contributed by atoms with E-state index in [1.54, 1.807) is 6.92 Å². The number of carbonyl (C=O) groups excluding carboxylic acids is 2. The van der Waals surface area contributed by atoms with Gasteiger partial charge in [0.25, 0.3) is 5.91 Å². The molecule has 3 amide bonds. The molecule has 2 N–H and O–H groups in total. The van der Waals surface area contributed by atoms with Crippen LogP contribution in [0.2, 0.25) is 10.0 Å². The molecule has 1 fully saturated rings. The summed E-state index contributed by atoms with van der Waals surface area (Å²) in [6, 6.07) is 11.9. The fourth-order valence-corrected chi connectivity index (χ4v) is 3.30. The second-order valence-corrected chi connectivity index (χ2v) is 7.28. The smallest absolute Gasteiger partial charge is 0.346 e. The molecule has 0 unspecified atom stereocenters. The number of hydrogen-bond acceptors (Lipinski definition) is 4. The second-order valence-electron chi connectivity index (χ2n) is 6.43. The van der Waals surface area contributed by atoms with E-state index in [2.05, 4.69) is 10.4 Å². The number of hydrogen-bond donors (Lipinski definition) is 2. The number of phenols is 1. The molecule has 140 valence electrons. The zero-order chi connectivity index (χ0) is 19.6. The normalized spacial score (nSPS) is 19.7. The summed E-state index contributed by atoms with van der Waals surface area (Å²) in [5.74, 6) is -0.698. The highest BCUT2D eigenvalue weighted by Gasteiger charge is 2.47. The van der Waals surface area contributed by atoms with Crippen molar-refractivity contribution in [3.8, 4) is 5.75 Å². The Hall–Kier alpha value is -2.57. The lowest BCUT2D eigenvalue weighted by molar-refractivity contribution is -0.130. The van der Waals surface area contributed by atoms with E-state index in [0.29, 0.717) is 17.9 Å². The average Bonchev–Trinajstić information content (AvgIpc) is 2.85. The summed E-state index contributed by atoms with van der Waals surface area (Å²) in [6.07, 6.45) is 2.24. The highest BCUT2D eigenvalue weighted by molar-refractivity contribution is 6.36. The van der Waals surface area contributed by atoms with Gasteiger partial charge in [-0.15, -0.1) is 5.01 Å². The molecule has 2 aromatic carbocycles. The van der Waals surface area contributed by atoms with Crippen molar-refractivity contribution in [2.45, 2.75) is 25.3 Å². The van der Waals surface area contributed by atoms with Crippen LogP contribution in [0.25, 0.3) is 0 Å². The Balaban J connectivity index is 1.76. The van der Waals surface area contributed by atoms with Crippen molar-refractivity contribution in [1.29, 1.82) is 0 Å². The minimum absolute atomic E-state index is 0.0499. The quantitative estimate of drug-likeness (QED) is 0.582. The second kappa shape index (κ2) is 7.58. The van der Waals surface area contributed by atoms with Crippen LogP contribution in [0.5, 0.6) is 5.75 Å². The lowest BCUT2D eigenvalue weighted by Gasteiger charge is -2.20. The number of halogens is 2. The highest BCUT2D eigenvalue weighted by atomic mass is 35.5. The number of rotatable bonds is 5. The number of amides is 3. The Bertz CT molecular complexity index is 918. The Morgan fingerprint density at radius 2 is 1.93 bits per heavy atom. The molecule has 2 aromatic rings. The number of carbonyl (C=O) groups is 2. The fraction of sp³-hybridized carbons (Fsp3) is 0.211. The first kappa shape index (κ1) is 19.2. The van der Waals surface area contributed by atoms with Crippen LogP contribution in [-0.4, -0.2) is 33.8 Å². The van der Waals surface area contributed by atoms with E-state index in [1.807, 2.05) is 30.3 Å². The molecule has 0 aromatic heterocycles. The molecule has 6 nitrogen and oxygen atoms in total. The minimum atomic E-state index is -1.06. The predicted molar refractivity (Wildman–Crippen MR) is 104 cm³/mol. The maximum absolute atomic E-state index is 12.7. The van der Waals surface area contributed by atoms with Gasteiger partial charge in [-0.3, -0.25) is 4.79 Å². The van der Waals surface area contributed by atoms with Crippen LogP contribution < -0.4 is 5.32 Å². The number of nitrogens with one attached hydrogen (secondary N) is 1. The molecule has 1 aliphatic rings. The first-order valence-electron chi connectivity index (χ1n) is 8.23. The lowest BCUT2D eigenvalue weighted by Crippen LogP contribution is -2.44. The first-order chi connectivity index (χ1) is 12.8. The summed E-state index contributed by atoms with van der Waals surface area (Å²) in [6.45, 7) is 1.67. The SMILES string of the molecule is C[C@]1(CCc2ccccc2)NC(=O)N(/N=C/c2cc(Cl)cc(Cl)c2O)C1=O. The van der Waals surface area contributed by atoms with Gasteiger partial charge in [0.1, 0.15) is 11.3 Å². The number of urea groups is 1. The molecule has 0 aliphatic carbocycles. The molecule has 8 heteroatoms. The van der Waals surface area contributed by atoms with Gasteiger partial charge in [0.15, 0.2) is 0 Å². The van der Waals surface area contributed by atoms with Gasteiger partial charge >= 0.3 is 6.03 Å². The standard InChI is InChI=1S/C19H17Cl2N3O3/c1-19(8-7-12-5-3-2-4-6-12)17(26)24(18(27)23-19)22-11-13-9-14(20)10-15(21)16(13)25/h2-6,9-11,25H,7-8H2,1H3,(H,23,27)/b22-11+/t19-/m1/s1. The summed E-state index contributed by atoms with van der Waals surface area (Å²) in [4.78, 5) is 24.9. The van der Waals surface area contributed by atoms with Crippen LogP contribution in [0, 0.1) is 0 Å². The molecule has 0 spiro atoms. The van der Waals surface area contributed by atoms with E-state index in [4.69, 9.17) is 23.2 Å². The van der Waals surface area contributed by atoms with Gasteiger partial charge in [-0.05, 0) is 37.5 Å². The molecular weight excluding hydrogens is 389 g/mol. The third-order valence-electron chi connectivity index (χ3n) is 4.37. The fourth-order valence-electron chi connectivity index (χ4n) is 2.79. The van der Waals surface area contributed by atoms with Crippen molar-refractivity contribution in [2.24, 2.45) is 5.10 Å². The van der Waals surface area contributed by atoms with Gasteiger partial charge in [-0.2, -0.15) is 5.10 Å². The van der Waals surface area contributed by atoms with Crippen molar-refractivity contribution in [3.63, 3.8) is 0 Å². The minimum Gasteiger partial charge on any atom is -0.506 e. The third kappa shape index (κ3) is 4.07. The number of aromatic hydroxyl groups is 1. The molecule has 1 atom stereocenters. The van der Waals surface area contributed by atoms with Crippen molar-refractivity contribution in [2.75, 3.05) is 0 Å². The molecule has 0 bridgehead atoms. The zero-order valence-corrected chi connectivity index (χ0v) is 16.0. The Morgan fingerprint density at radius 1 is 1.22 bits per heavy atom. The van der Waals surface area contributed by atoms with E-state index in [1.165, 1.54) is 18.3 Å². The summed E-state index contributed by atoms with van der Waals surface area (Å²) < 4.78 is 0. The third-order valence-corrected chi connectivity index (χ3v) is 4.87. The van der Waals surface area contributed by atoms with Crippen molar-refractivity contribution in [3.05, 3.63) is 63.6 Å². The molecule has 1 heterocycles. The van der Waals surface area contributed by atoms with Crippen LogP contribution in [0.3, 0.4) is 0 Å². The Kier molecular flexibility index (Phi) is 5.39. The topological polar surface area (TPSA) is 82.0 Å². The number of benzene rings is 2. The van der Waals surface area contributed by atoms with E-state index in [9.17, 15) is 14.7 Å². The van der Waals surface area contributed by atoms with Crippen LogP contribution in [0.1, 0.15) is 24.5 Å². The van der Waals surface area contributed by atoms with Crippen molar-refractivity contribution < 1.29 is 14.7 Å². The summed E-state index contributed by atoms with van der Waals surface area (Å²) >= 11 is 11.8. The predicted octanol–water partition coefficient (Wildman–Crippen LogP) is 3.98. The molecule has 0 saturated carbocycles. The number of imide groups is 1. The average molecular weight is 406 g/mol. The molecule has 1 saturated heterocycles.